The Morgan fingerprint density at radius 1 is 0.826 bits per heavy atom. The number of sulfonamides is 1. The predicted octanol–water partition coefficient (Wildman–Crippen LogP) is 6.32. The third-order valence-electron chi connectivity index (χ3n) is 7.65. The van der Waals surface area contributed by atoms with Crippen LogP contribution in [0.5, 0.6) is 17.2 Å². The summed E-state index contributed by atoms with van der Waals surface area (Å²) in [6, 6.07) is 28.4. The van der Waals surface area contributed by atoms with Crippen LogP contribution in [0.25, 0.3) is 0 Å². The van der Waals surface area contributed by atoms with Crippen molar-refractivity contribution in [3.8, 4) is 17.2 Å². The molecule has 4 aromatic carbocycles. The number of nitrogens with zero attached hydrogens (tertiary/aromatic N) is 2. The summed E-state index contributed by atoms with van der Waals surface area (Å²) < 4.78 is 40.6. The largest absolute Gasteiger partial charge is 0.497 e. The van der Waals surface area contributed by atoms with Gasteiger partial charge in [0, 0.05) is 12.6 Å². The Bertz CT molecular complexity index is 1710. The fourth-order valence-corrected chi connectivity index (χ4v) is 6.10. The number of carbonyl (C=O) groups is 2. The van der Waals surface area contributed by atoms with Crippen LogP contribution in [0.4, 0.5) is 5.69 Å². The second-order valence-electron chi connectivity index (χ2n) is 11.1. The lowest BCUT2D eigenvalue weighted by Gasteiger charge is -2.32. The van der Waals surface area contributed by atoms with Crippen molar-refractivity contribution in [3.63, 3.8) is 0 Å². The van der Waals surface area contributed by atoms with Gasteiger partial charge < -0.3 is 19.7 Å². The van der Waals surface area contributed by atoms with Gasteiger partial charge in [-0.05, 0) is 93.4 Å². The van der Waals surface area contributed by atoms with Crippen molar-refractivity contribution in [1.29, 1.82) is 0 Å². The van der Waals surface area contributed by atoms with Crippen molar-refractivity contribution in [2.75, 3.05) is 18.0 Å². The van der Waals surface area contributed by atoms with Gasteiger partial charge in [0.15, 0.2) is 0 Å². The lowest BCUT2D eigenvalue weighted by Crippen LogP contribution is -2.52. The van der Waals surface area contributed by atoms with E-state index in [-0.39, 0.29) is 29.1 Å². The lowest BCUT2D eigenvalue weighted by molar-refractivity contribution is -0.139. The molecule has 0 aliphatic carbocycles. The zero-order valence-corrected chi connectivity index (χ0v) is 27.7. The van der Waals surface area contributed by atoms with Gasteiger partial charge in [-0.3, -0.25) is 13.9 Å². The minimum absolute atomic E-state index is 0.0393. The first-order valence-electron chi connectivity index (χ1n) is 15.2. The Labute approximate surface area is 271 Å². The summed E-state index contributed by atoms with van der Waals surface area (Å²) in [5, 5.41) is 2.94. The summed E-state index contributed by atoms with van der Waals surface area (Å²) >= 11 is 0. The number of ether oxygens (including phenoxy) is 2. The Balaban J connectivity index is 1.71. The van der Waals surface area contributed by atoms with Gasteiger partial charge in [0.05, 0.1) is 17.7 Å². The third-order valence-corrected chi connectivity index (χ3v) is 9.43. The summed E-state index contributed by atoms with van der Waals surface area (Å²) in [6.45, 7) is 6.88. The molecule has 0 unspecified atom stereocenters. The molecule has 4 rings (SSSR count). The molecule has 4 aromatic rings. The Morgan fingerprint density at radius 2 is 1.46 bits per heavy atom. The van der Waals surface area contributed by atoms with E-state index in [0.29, 0.717) is 17.2 Å². The molecule has 46 heavy (non-hydrogen) atoms. The van der Waals surface area contributed by atoms with Crippen molar-refractivity contribution in [3.05, 3.63) is 114 Å². The highest BCUT2D eigenvalue weighted by Gasteiger charge is 2.33. The SMILES string of the molecule is CC[C@@H](C)NC(=O)[C@@H](C)N(Cc1cccc(OC)c1)C(=O)CN(c1ccc(Oc2ccccc2)cc1)S(=O)(=O)c1ccc(C)cc1. The molecular weight excluding hydrogens is 602 g/mol. The fourth-order valence-electron chi connectivity index (χ4n) is 4.69. The third kappa shape index (κ3) is 8.66. The van der Waals surface area contributed by atoms with E-state index >= 15 is 0 Å². The van der Waals surface area contributed by atoms with Gasteiger partial charge in [-0.25, -0.2) is 8.42 Å². The Morgan fingerprint density at radius 3 is 2.09 bits per heavy atom. The number of methoxy groups -OCH3 is 1. The van der Waals surface area contributed by atoms with Crippen LogP contribution >= 0.6 is 0 Å². The zero-order chi connectivity index (χ0) is 33.3. The maximum absolute atomic E-state index is 14.2. The first-order valence-corrected chi connectivity index (χ1v) is 16.6. The molecule has 1 N–H and O–H groups in total. The van der Waals surface area contributed by atoms with Gasteiger partial charge in [0.2, 0.25) is 11.8 Å². The first-order chi connectivity index (χ1) is 22.0. The first kappa shape index (κ1) is 34.1. The molecule has 2 amide bonds. The van der Waals surface area contributed by atoms with E-state index in [2.05, 4.69) is 5.32 Å². The topological polar surface area (TPSA) is 105 Å². The van der Waals surface area contributed by atoms with Gasteiger partial charge in [-0.1, -0.05) is 55.0 Å². The molecule has 0 saturated heterocycles. The van der Waals surface area contributed by atoms with Crippen LogP contribution in [0.1, 0.15) is 38.3 Å². The fraction of sp³-hybridized carbons (Fsp3) is 0.278. The van der Waals surface area contributed by atoms with Crippen molar-refractivity contribution < 1.29 is 27.5 Å². The minimum atomic E-state index is -4.20. The van der Waals surface area contributed by atoms with Crippen molar-refractivity contribution in [1.82, 2.24) is 10.2 Å². The van der Waals surface area contributed by atoms with Crippen LogP contribution in [-0.4, -0.2) is 50.9 Å². The van der Waals surface area contributed by atoms with Gasteiger partial charge in [-0.15, -0.1) is 0 Å². The number of carbonyl (C=O) groups excluding carboxylic acids is 2. The van der Waals surface area contributed by atoms with E-state index in [9.17, 15) is 18.0 Å². The average molecular weight is 644 g/mol. The summed E-state index contributed by atoms with van der Waals surface area (Å²) in [6.07, 6.45) is 0.717. The van der Waals surface area contributed by atoms with E-state index in [0.717, 1.165) is 21.9 Å². The molecule has 0 spiro atoms. The second kappa shape index (κ2) is 15.4. The maximum atomic E-state index is 14.2. The molecule has 242 valence electrons. The highest BCUT2D eigenvalue weighted by molar-refractivity contribution is 7.92. The summed E-state index contributed by atoms with van der Waals surface area (Å²) in [7, 11) is -2.65. The number of hydrogen-bond acceptors (Lipinski definition) is 6. The van der Waals surface area contributed by atoms with Gasteiger partial charge in [0.1, 0.15) is 29.8 Å². The van der Waals surface area contributed by atoms with E-state index in [1.165, 1.54) is 17.0 Å². The number of rotatable bonds is 14. The van der Waals surface area contributed by atoms with E-state index in [1.54, 1.807) is 68.6 Å². The predicted molar refractivity (Wildman–Crippen MR) is 180 cm³/mol. The van der Waals surface area contributed by atoms with E-state index in [4.69, 9.17) is 9.47 Å². The van der Waals surface area contributed by atoms with E-state index in [1.807, 2.05) is 57.2 Å². The molecule has 10 heteroatoms. The summed E-state index contributed by atoms with van der Waals surface area (Å²) in [5.41, 5.74) is 1.90. The van der Waals surface area contributed by atoms with Crippen LogP contribution in [0.2, 0.25) is 0 Å². The normalized spacial score (nSPS) is 12.5. The molecule has 2 atom stereocenters. The van der Waals surface area contributed by atoms with Crippen LogP contribution in [0.3, 0.4) is 0 Å². The van der Waals surface area contributed by atoms with Gasteiger partial charge >= 0.3 is 0 Å². The molecule has 0 bridgehead atoms. The molecule has 0 fully saturated rings. The average Bonchev–Trinajstić information content (AvgIpc) is 3.06. The number of nitrogens with one attached hydrogen (secondary N) is 1. The van der Waals surface area contributed by atoms with Gasteiger partial charge in [0.25, 0.3) is 10.0 Å². The molecule has 0 aliphatic rings. The number of amides is 2. The molecule has 0 saturated carbocycles. The number of hydrogen-bond donors (Lipinski definition) is 1. The molecule has 0 aliphatic heterocycles. The van der Waals surface area contributed by atoms with E-state index < -0.39 is 28.5 Å². The van der Waals surface area contributed by atoms with Crippen LogP contribution in [0.15, 0.2) is 108 Å². The number of aryl methyl sites for hydroxylation is 1. The van der Waals surface area contributed by atoms with Gasteiger partial charge in [-0.2, -0.15) is 0 Å². The van der Waals surface area contributed by atoms with Crippen LogP contribution in [0, 0.1) is 6.92 Å². The number of para-hydroxylation sites is 1. The summed E-state index contributed by atoms with van der Waals surface area (Å²) in [5.74, 6) is 0.857. The van der Waals surface area contributed by atoms with Crippen molar-refractivity contribution >= 4 is 27.5 Å². The summed E-state index contributed by atoms with van der Waals surface area (Å²) in [4.78, 5) is 28.9. The minimum Gasteiger partial charge on any atom is -0.497 e. The smallest absolute Gasteiger partial charge is 0.264 e. The molecule has 0 aromatic heterocycles. The monoisotopic (exact) mass is 643 g/mol. The number of benzene rings is 4. The molecular formula is C36H41N3O6S. The molecule has 9 nitrogen and oxygen atoms in total. The van der Waals surface area contributed by atoms with Crippen LogP contribution < -0.4 is 19.1 Å². The number of anilines is 1. The Kier molecular flexibility index (Phi) is 11.4. The highest BCUT2D eigenvalue weighted by atomic mass is 32.2. The Hall–Kier alpha value is -4.83. The second-order valence-corrected chi connectivity index (χ2v) is 13.0. The molecule has 0 radical (unpaired) electrons. The lowest BCUT2D eigenvalue weighted by atomic mass is 10.1. The maximum Gasteiger partial charge on any atom is 0.264 e. The standard InChI is InChI=1S/C36H41N3O6S/c1-6-27(3)37-36(41)28(4)38(24-29-11-10-14-33(23-29)44-5)35(40)25-39(46(42,43)34-21-15-26(2)16-22-34)30-17-19-32(20-18-30)45-31-12-8-7-9-13-31/h7-23,27-28H,6,24-25H2,1-5H3,(H,37,41)/t27-,28-/m1/s1. The van der Waals surface area contributed by atoms with Crippen molar-refractivity contribution in [2.24, 2.45) is 0 Å². The highest BCUT2D eigenvalue weighted by Crippen LogP contribution is 2.29. The van der Waals surface area contributed by atoms with Crippen LogP contribution in [-0.2, 0) is 26.2 Å². The zero-order valence-electron chi connectivity index (χ0n) is 26.8. The van der Waals surface area contributed by atoms with Crippen molar-refractivity contribution in [2.45, 2.75) is 57.6 Å². The molecule has 0 heterocycles. The quantitative estimate of drug-likeness (QED) is 0.172.